The van der Waals surface area contributed by atoms with E-state index in [1.165, 1.54) is 0 Å². The first-order chi connectivity index (χ1) is 9.60. The van der Waals surface area contributed by atoms with Crippen LogP contribution in [0.1, 0.15) is 23.0 Å². The minimum Gasteiger partial charge on any atom is -0.369 e. The van der Waals surface area contributed by atoms with Crippen LogP contribution in [0.3, 0.4) is 0 Å². The van der Waals surface area contributed by atoms with Crippen molar-refractivity contribution in [1.29, 1.82) is 0 Å². The number of nitrogens with zero attached hydrogens (tertiary/aromatic N) is 2. The van der Waals surface area contributed by atoms with E-state index in [0.29, 0.717) is 5.82 Å². The molecule has 1 aromatic carbocycles. The predicted molar refractivity (Wildman–Crippen MR) is 83.0 cm³/mol. The number of rotatable bonds is 4. The Hall–Kier alpha value is -1.95. The van der Waals surface area contributed by atoms with E-state index in [4.69, 9.17) is 0 Å². The quantitative estimate of drug-likeness (QED) is 0.900. The SMILES string of the molecule is CCNc1ccc(C(=O)Nc2ccc(Br)cc2C)nn1. The van der Waals surface area contributed by atoms with E-state index in [1.807, 2.05) is 32.0 Å². The van der Waals surface area contributed by atoms with Crippen molar-refractivity contribution in [2.24, 2.45) is 0 Å². The van der Waals surface area contributed by atoms with Crippen LogP contribution in [-0.4, -0.2) is 22.6 Å². The van der Waals surface area contributed by atoms with Crippen molar-refractivity contribution < 1.29 is 4.79 Å². The largest absolute Gasteiger partial charge is 0.369 e. The maximum absolute atomic E-state index is 12.1. The van der Waals surface area contributed by atoms with Gasteiger partial charge in [-0.05, 0) is 49.7 Å². The second kappa shape index (κ2) is 6.47. The summed E-state index contributed by atoms with van der Waals surface area (Å²) in [5, 5.41) is 13.7. The van der Waals surface area contributed by atoms with Gasteiger partial charge in [-0.1, -0.05) is 15.9 Å². The van der Waals surface area contributed by atoms with E-state index in [-0.39, 0.29) is 11.6 Å². The Bertz CT molecular complexity index is 613. The summed E-state index contributed by atoms with van der Waals surface area (Å²) in [5.74, 6) is 0.384. The number of anilines is 2. The normalized spacial score (nSPS) is 10.2. The smallest absolute Gasteiger partial charge is 0.276 e. The summed E-state index contributed by atoms with van der Waals surface area (Å²) in [4.78, 5) is 12.1. The van der Waals surface area contributed by atoms with Gasteiger partial charge in [0.15, 0.2) is 5.69 Å². The number of amides is 1. The molecule has 0 fully saturated rings. The molecule has 0 aliphatic rings. The molecule has 0 saturated carbocycles. The Balaban J connectivity index is 2.11. The molecule has 6 heteroatoms. The van der Waals surface area contributed by atoms with E-state index < -0.39 is 0 Å². The lowest BCUT2D eigenvalue weighted by Crippen LogP contribution is -2.15. The van der Waals surface area contributed by atoms with Gasteiger partial charge in [-0.2, -0.15) is 0 Å². The van der Waals surface area contributed by atoms with Gasteiger partial charge >= 0.3 is 0 Å². The second-order valence-electron chi connectivity index (χ2n) is 4.25. The minimum atomic E-state index is -0.272. The zero-order valence-electron chi connectivity index (χ0n) is 11.3. The number of aryl methyl sites for hydroxylation is 1. The highest BCUT2D eigenvalue weighted by molar-refractivity contribution is 9.10. The van der Waals surface area contributed by atoms with Gasteiger partial charge in [-0.25, -0.2) is 0 Å². The molecule has 0 unspecified atom stereocenters. The van der Waals surface area contributed by atoms with E-state index in [0.717, 1.165) is 22.3 Å². The molecule has 1 amide bonds. The van der Waals surface area contributed by atoms with Crippen LogP contribution >= 0.6 is 15.9 Å². The molecular formula is C14H15BrN4O. The predicted octanol–water partition coefficient (Wildman–Crippen LogP) is 3.23. The highest BCUT2D eigenvalue weighted by atomic mass is 79.9. The van der Waals surface area contributed by atoms with Crippen molar-refractivity contribution in [1.82, 2.24) is 10.2 Å². The molecule has 2 N–H and O–H groups in total. The molecule has 5 nitrogen and oxygen atoms in total. The van der Waals surface area contributed by atoms with Crippen LogP contribution in [0.4, 0.5) is 11.5 Å². The van der Waals surface area contributed by atoms with Crippen molar-refractivity contribution in [3.8, 4) is 0 Å². The van der Waals surface area contributed by atoms with E-state index in [2.05, 4.69) is 36.8 Å². The van der Waals surface area contributed by atoms with Gasteiger partial charge in [0.2, 0.25) is 0 Å². The Kier molecular flexibility index (Phi) is 4.68. The van der Waals surface area contributed by atoms with Crippen LogP contribution in [0.15, 0.2) is 34.8 Å². The molecule has 2 rings (SSSR count). The zero-order chi connectivity index (χ0) is 14.5. The van der Waals surface area contributed by atoms with Gasteiger partial charge in [0.25, 0.3) is 5.91 Å². The topological polar surface area (TPSA) is 66.9 Å². The number of aromatic nitrogens is 2. The van der Waals surface area contributed by atoms with Crippen LogP contribution in [0, 0.1) is 6.92 Å². The monoisotopic (exact) mass is 334 g/mol. The Labute approximate surface area is 125 Å². The number of halogens is 1. The molecule has 0 radical (unpaired) electrons. The molecule has 0 bridgehead atoms. The second-order valence-corrected chi connectivity index (χ2v) is 5.16. The fraction of sp³-hybridized carbons (Fsp3) is 0.214. The molecular weight excluding hydrogens is 320 g/mol. The van der Waals surface area contributed by atoms with Gasteiger partial charge in [0.1, 0.15) is 5.82 Å². The van der Waals surface area contributed by atoms with E-state index >= 15 is 0 Å². The molecule has 0 spiro atoms. The van der Waals surface area contributed by atoms with Crippen LogP contribution in [0.2, 0.25) is 0 Å². The molecule has 20 heavy (non-hydrogen) atoms. The standard InChI is InChI=1S/C14H15BrN4O/c1-3-16-13-7-6-12(18-19-13)14(20)17-11-5-4-10(15)8-9(11)2/h4-8H,3H2,1-2H3,(H,16,19)(H,17,20). The third-order valence-electron chi connectivity index (χ3n) is 2.69. The fourth-order valence-electron chi connectivity index (χ4n) is 1.68. The maximum Gasteiger partial charge on any atom is 0.276 e. The summed E-state index contributed by atoms with van der Waals surface area (Å²) in [6.07, 6.45) is 0. The molecule has 2 aromatic rings. The lowest BCUT2D eigenvalue weighted by Gasteiger charge is -2.08. The van der Waals surface area contributed by atoms with Crippen molar-refractivity contribution in [2.45, 2.75) is 13.8 Å². The summed E-state index contributed by atoms with van der Waals surface area (Å²) < 4.78 is 0.975. The van der Waals surface area contributed by atoms with Crippen molar-refractivity contribution >= 4 is 33.3 Å². The molecule has 1 heterocycles. The summed E-state index contributed by atoms with van der Waals surface area (Å²) >= 11 is 3.39. The summed E-state index contributed by atoms with van der Waals surface area (Å²) in [6, 6.07) is 9.05. The van der Waals surface area contributed by atoms with Gasteiger partial charge in [-0.15, -0.1) is 10.2 Å². The Morgan fingerprint density at radius 2 is 2.05 bits per heavy atom. The summed E-state index contributed by atoms with van der Waals surface area (Å²) in [7, 11) is 0. The molecule has 0 aliphatic carbocycles. The number of carbonyl (C=O) groups is 1. The van der Waals surface area contributed by atoms with E-state index in [1.54, 1.807) is 12.1 Å². The highest BCUT2D eigenvalue weighted by Gasteiger charge is 2.10. The van der Waals surface area contributed by atoms with Gasteiger partial charge in [0.05, 0.1) is 0 Å². The first kappa shape index (κ1) is 14.5. The van der Waals surface area contributed by atoms with Crippen LogP contribution < -0.4 is 10.6 Å². The molecule has 0 saturated heterocycles. The first-order valence-corrected chi connectivity index (χ1v) is 7.04. The first-order valence-electron chi connectivity index (χ1n) is 6.25. The van der Waals surface area contributed by atoms with Crippen LogP contribution in [0.25, 0.3) is 0 Å². The minimum absolute atomic E-state index is 0.272. The third kappa shape index (κ3) is 3.54. The van der Waals surface area contributed by atoms with Crippen LogP contribution in [-0.2, 0) is 0 Å². The van der Waals surface area contributed by atoms with Gasteiger partial charge in [0, 0.05) is 16.7 Å². The van der Waals surface area contributed by atoms with Crippen LogP contribution in [0.5, 0.6) is 0 Å². The molecule has 104 valence electrons. The van der Waals surface area contributed by atoms with Gasteiger partial charge in [-0.3, -0.25) is 4.79 Å². The van der Waals surface area contributed by atoms with Crippen molar-refractivity contribution in [3.05, 3.63) is 46.1 Å². The summed E-state index contributed by atoms with van der Waals surface area (Å²) in [5.41, 5.74) is 2.02. The molecule has 0 atom stereocenters. The highest BCUT2D eigenvalue weighted by Crippen LogP contribution is 2.20. The lowest BCUT2D eigenvalue weighted by molar-refractivity contribution is 0.102. The van der Waals surface area contributed by atoms with Crippen molar-refractivity contribution in [3.63, 3.8) is 0 Å². The Morgan fingerprint density at radius 3 is 2.65 bits per heavy atom. The molecule has 1 aromatic heterocycles. The number of hydrogen-bond acceptors (Lipinski definition) is 4. The maximum atomic E-state index is 12.1. The van der Waals surface area contributed by atoms with E-state index in [9.17, 15) is 4.79 Å². The average Bonchev–Trinajstić information content (AvgIpc) is 2.43. The lowest BCUT2D eigenvalue weighted by atomic mass is 10.2. The fourth-order valence-corrected chi connectivity index (χ4v) is 2.16. The summed E-state index contributed by atoms with van der Waals surface area (Å²) in [6.45, 7) is 4.66. The molecule has 0 aliphatic heterocycles. The zero-order valence-corrected chi connectivity index (χ0v) is 12.9. The number of nitrogens with one attached hydrogen (secondary N) is 2. The van der Waals surface area contributed by atoms with Gasteiger partial charge < -0.3 is 10.6 Å². The third-order valence-corrected chi connectivity index (χ3v) is 3.18. The Morgan fingerprint density at radius 1 is 1.25 bits per heavy atom. The average molecular weight is 335 g/mol. The number of benzene rings is 1. The number of hydrogen-bond donors (Lipinski definition) is 2. The number of carbonyl (C=O) groups excluding carboxylic acids is 1. The van der Waals surface area contributed by atoms with Crippen molar-refractivity contribution in [2.75, 3.05) is 17.2 Å².